The normalized spacial score (nSPS) is 11.0. The summed E-state index contributed by atoms with van der Waals surface area (Å²) in [7, 11) is -2.52. The van der Waals surface area contributed by atoms with Crippen molar-refractivity contribution in [1.82, 2.24) is 0 Å². The Kier molecular flexibility index (Phi) is 7.17. The van der Waals surface area contributed by atoms with E-state index in [2.05, 4.69) is 5.32 Å². The van der Waals surface area contributed by atoms with E-state index in [1.807, 2.05) is 55.5 Å². The lowest BCUT2D eigenvalue weighted by Gasteiger charge is -2.25. The number of aryl methyl sites for hydroxylation is 1. The van der Waals surface area contributed by atoms with Gasteiger partial charge in [0.05, 0.1) is 17.7 Å². The van der Waals surface area contributed by atoms with E-state index in [0.29, 0.717) is 17.1 Å². The van der Waals surface area contributed by atoms with Crippen LogP contribution in [0, 0.1) is 6.92 Å². The van der Waals surface area contributed by atoms with Crippen molar-refractivity contribution >= 4 is 27.3 Å². The second kappa shape index (κ2) is 10.4. The molecule has 1 N–H and O–H groups in total. The summed E-state index contributed by atoms with van der Waals surface area (Å²) < 4.78 is 33.6. The first kappa shape index (κ1) is 24.0. The molecule has 7 heteroatoms. The molecule has 0 aliphatic heterocycles. The van der Waals surface area contributed by atoms with Crippen molar-refractivity contribution in [3.8, 4) is 16.9 Å². The highest BCUT2D eigenvalue weighted by molar-refractivity contribution is 7.92. The van der Waals surface area contributed by atoms with Gasteiger partial charge in [0.15, 0.2) is 0 Å². The molecule has 0 atom stereocenters. The van der Waals surface area contributed by atoms with Crippen molar-refractivity contribution in [3.63, 3.8) is 0 Å². The smallest absolute Gasteiger partial charge is 0.264 e. The van der Waals surface area contributed by atoms with Crippen molar-refractivity contribution in [2.24, 2.45) is 0 Å². The molecule has 35 heavy (non-hydrogen) atoms. The van der Waals surface area contributed by atoms with Gasteiger partial charge < -0.3 is 10.1 Å². The highest BCUT2D eigenvalue weighted by atomic mass is 32.2. The second-order valence-corrected chi connectivity index (χ2v) is 9.85. The van der Waals surface area contributed by atoms with E-state index in [9.17, 15) is 13.2 Å². The van der Waals surface area contributed by atoms with Crippen LogP contribution in [-0.2, 0) is 14.8 Å². The Morgan fingerprint density at radius 3 is 2.26 bits per heavy atom. The molecule has 4 aromatic rings. The maximum Gasteiger partial charge on any atom is 0.264 e. The third-order valence-corrected chi connectivity index (χ3v) is 7.31. The number of ether oxygens (including phenoxy) is 1. The Hall–Kier alpha value is -4.10. The van der Waals surface area contributed by atoms with E-state index >= 15 is 0 Å². The van der Waals surface area contributed by atoms with Gasteiger partial charge in [-0.2, -0.15) is 0 Å². The van der Waals surface area contributed by atoms with Crippen molar-refractivity contribution in [2.45, 2.75) is 11.8 Å². The van der Waals surface area contributed by atoms with Gasteiger partial charge in [-0.1, -0.05) is 72.3 Å². The summed E-state index contributed by atoms with van der Waals surface area (Å²) in [5.74, 6) is 0.0216. The van der Waals surface area contributed by atoms with Crippen LogP contribution in [0.1, 0.15) is 5.56 Å². The van der Waals surface area contributed by atoms with Crippen LogP contribution >= 0.6 is 0 Å². The number of para-hydroxylation sites is 1. The van der Waals surface area contributed by atoms with Crippen LogP contribution in [0.4, 0.5) is 11.4 Å². The van der Waals surface area contributed by atoms with Crippen molar-refractivity contribution < 1.29 is 17.9 Å². The van der Waals surface area contributed by atoms with Crippen molar-refractivity contribution in [1.29, 1.82) is 0 Å². The summed E-state index contributed by atoms with van der Waals surface area (Å²) in [5, 5.41) is 2.89. The lowest BCUT2D eigenvalue weighted by Crippen LogP contribution is -2.38. The number of methoxy groups -OCH3 is 1. The second-order valence-electron chi connectivity index (χ2n) is 7.99. The lowest BCUT2D eigenvalue weighted by atomic mass is 10.0. The minimum absolute atomic E-state index is 0.100. The number of hydrogen-bond donors (Lipinski definition) is 1. The van der Waals surface area contributed by atoms with Gasteiger partial charge in [0, 0.05) is 17.3 Å². The molecule has 0 aliphatic carbocycles. The number of benzene rings is 4. The molecule has 0 fully saturated rings. The monoisotopic (exact) mass is 486 g/mol. The number of anilines is 2. The summed E-state index contributed by atoms with van der Waals surface area (Å²) in [6, 6.07) is 30.3. The van der Waals surface area contributed by atoms with Gasteiger partial charge >= 0.3 is 0 Å². The van der Waals surface area contributed by atoms with E-state index in [-0.39, 0.29) is 4.90 Å². The molecule has 0 unspecified atom stereocenters. The number of amides is 1. The van der Waals surface area contributed by atoms with Crippen molar-refractivity contribution in [3.05, 3.63) is 109 Å². The molecule has 0 spiro atoms. The number of nitrogens with one attached hydrogen (secondary N) is 1. The van der Waals surface area contributed by atoms with Crippen LogP contribution in [0.15, 0.2) is 108 Å². The van der Waals surface area contributed by atoms with Gasteiger partial charge in [0.1, 0.15) is 12.3 Å². The zero-order chi connectivity index (χ0) is 24.8. The summed E-state index contributed by atoms with van der Waals surface area (Å²) >= 11 is 0. The number of sulfonamides is 1. The molecule has 0 saturated carbocycles. The van der Waals surface area contributed by atoms with Crippen LogP contribution in [0.25, 0.3) is 11.1 Å². The van der Waals surface area contributed by atoms with Crippen LogP contribution in [0.3, 0.4) is 0 Å². The average Bonchev–Trinajstić information content (AvgIpc) is 2.88. The van der Waals surface area contributed by atoms with Gasteiger partial charge in [-0.3, -0.25) is 9.10 Å². The van der Waals surface area contributed by atoms with Gasteiger partial charge in [-0.15, -0.1) is 0 Å². The molecule has 0 aliphatic rings. The predicted molar refractivity (Wildman–Crippen MR) is 139 cm³/mol. The van der Waals surface area contributed by atoms with Crippen LogP contribution in [0.2, 0.25) is 0 Å². The van der Waals surface area contributed by atoms with Gasteiger partial charge in [0.25, 0.3) is 10.0 Å². The Morgan fingerprint density at radius 2 is 1.54 bits per heavy atom. The third kappa shape index (κ3) is 5.53. The Labute approximate surface area is 205 Å². The highest BCUT2D eigenvalue weighted by Gasteiger charge is 2.28. The quantitative estimate of drug-likeness (QED) is 0.357. The third-order valence-electron chi connectivity index (χ3n) is 5.52. The lowest BCUT2D eigenvalue weighted by molar-refractivity contribution is -0.114. The Morgan fingerprint density at radius 1 is 0.857 bits per heavy atom. The molecule has 0 bridgehead atoms. The van der Waals surface area contributed by atoms with E-state index in [4.69, 9.17) is 4.74 Å². The van der Waals surface area contributed by atoms with Crippen LogP contribution in [-0.4, -0.2) is 28.0 Å². The average molecular weight is 487 g/mol. The zero-order valence-corrected chi connectivity index (χ0v) is 20.3. The fourth-order valence-corrected chi connectivity index (χ4v) is 5.11. The fraction of sp³-hybridized carbons (Fsp3) is 0.107. The standard InChI is InChI=1S/C28H26N2O4S/c1-21-15-17-25(18-16-21)35(32,33)30(23-11-8-12-24(19-23)34-2)20-28(31)29-27-14-7-6-13-26(27)22-9-4-3-5-10-22/h3-19H,20H2,1-2H3,(H,29,31). The molecule has 0 radical (unpaired) electrons. The first-order chi connectivity index (χ1) is 16.9. The first-order valence-electron chi connectivity index (χ1n) is 11.1. The number of rotatable bonds is 8. The number of carbonyl (C=O) groups is 1. The first-order valence-corrected chi connectivity index (χ1v) is 12.5. The minimum Gasteiger partial charge on any atom is -0.497 e. The largest absolute Gasteiger partial charge is 0.497 e. The van der Waals surface area contributed by atoms with E-state index < -0.39 is 22.5 Å². The zero-order valence-electron chi connectivity index (χ0n) is 19.5. The number of hydrogen-bond acceptors (Lipinski definition) is 4. The molecular weight excluding hydrogens is 460 g/mol. The van der Waals surface area contributed by atoms with E-state index in [1.54, 1.807) is 54.6 Å². The van der Waals surface area contributed by atoms with Crippen molar-refractivity contribution in [2.75, 3.05) is 23.3 Å². The topological polar surface area (TPSA) is 75.7 Å². The van der Waals surface area contributed by atoms with E-state index in [0.717, 1.165) is 21.0 Å². The molecule has 178 valence electrons. The Bertz CT molecular complexity index is 1420. The molecule has 0 aromatic heterocycles. The summed E-state index contributed by atoms with van der Waals surface area (Å²) in [5.41, 5.74) is 3.65. The minimum atomic E-state index is -4.03. The summed E-state index contributed by atoms with van der Waals surface area (Å²) in [6.07, 6.45) is 0. The van der Waals surface area contributed by atoms with Gasteiger partial charge in [-0.05, 0) is 42.8 Å². The van der Waals surface area contributed by atoms with E-state index in [1.165, 1.54) is 7.11 Å². The molecular formula is C28H26N2O4S. The molecule has 6 nitrogen and oxygen atoms in total. The summed E-state index contributed by atoms with van der Waals surface area (Å²) in [4.78, 5) is 13.3. The SMILES string of the molecule is COc1cccc(N(CC(=O)Nc2ccccc2-c2ccccc2)S(=O)(=O)c2ccc(C)cc2)c1. The van der Waals surface area contributed by atoms with Gasteiger partial charge in [0.2, 0.25) is 5.91 Å². The number of nitrogens with zero attached hydrogens (tertiary/aromatic N) is 1. The van der Waals surface area contributed by atoms with Crippen LogP contribution < -0.4 is 14.4 Å². The predicted octanol–water partition coefficient (Wildman–Crippen LogP) is 5.50. The molecule has 0 heterocycles. The molecule has 4 aromatic carbocycles. The molecule has 1 amide bonds. The Balaban J connectivity index is 1.68. The van der Waals surface area contributed by atoms with Gasteiger partial charge in [-0.25, -0.2) is 8.42 Å². The molecule has 4 rings (SSSR count). The highest BCUT2D eigenvalue weighted by Crippen LogP contribution is 2.29. The number of carbonyl (C=O) groups excluding carboxylic acids is 1. The van der Waals surface area contributed by atoms with Crippen LogP contribution in [0.5, 0.6) is 5.75 Å². The fourth-order valence-electron chi connectivity index (χ4n) is 3.70. The molecule has 0 saturated heterocycles. The summed E-state index contributed by atoms with van der Waals surface area (Å²) in [6.45, 7) is 1.47. The maximum atomic E-state index is 13.6. The maximum absolute atomic E-state index is 13.6.